The van der Waals surface area contributed by atoms with Crippen LogP contribution in [0.2, 0.25) is 0 Å². The van der Waals surface area contributed by atoms with Crippen molar-refractivity contribution in [3.63, 3.8) is 0 Å². The number of ether oxygens (including phenoxy) is 1. The topological polar surface area (TPSA) is 54.5 Å². The summed E-state index contributed by atoms with van der Waals surface area (Å²) in [4.78, 5) is 18.9. The average molecular weight is 305 g/mol. The first kappa shape index (κ1) is 16.9. The molecule has 1 aliphatic heterocycles. The first-order chi connectivity index (χ1) is 10.7. The summed E-state index contributed by atoms with van der Waals surface area (Å²) in [5, 5.41) is 3.10. The van der Waals surface area contributed by atoms with Crippen LogP contribution < -0.4 is 5.32 Å². The largest absolute Gasteiger partial charge is 0.379 e. The van der Waals surface area contributed by atoms with Crippen molar-refractivity contribution < 1.29 is 9.53 Å². The molecule has 0 aromatic carbocycles. The van der Waals surface area contributed by atoms with E-state index in [2.05, 4.69) is 22.1 Å². The average Bonchev–Trinajstić information content (AvgIpc) is 2.54. The molecule has 2 rings (SSSR count). The van der Waals surface area contributed by atoms with Crippen LogP contribution in [-0.4, -0.2) is 48.6 Å². The molecule has 0 saturated carbocycles. The maximum atomic E-state index is 12.1. The van der Waals surface area contributed by atoms with Crippen LogP contribution >= 0.6 is 0 Å². The quantitative estimate of drug-likeness (QED) is 0.838. The number of pyridine rings is 1. The predicted octanol–water partition coefficient (Wildman–Crippen LogP) is 2.07. The van der Waals surface area contributed by atoms with E-state index in [0.717, 1.165) is 56.9 Å². The highest BCUT2D eigenvalue weighted by atomic mass is 16.5. The molecule has 1 aromatic heterocycles. The van der Waals surface area contributed by atoms with E-state index in [-0.39, 0.29) is 11.9 Å². The van der Waals surface area contributed by atoms with Gasteiger partial charge in [0.1, 0.15) is 0 Å². The lowest BCUT2D eigenvalue weighted by molar-refractivity contribution is -0.122. The number of nitrogens with zero attached hydrogens (tertiary/aromatic N) is 2. The number of aryl methyl sites for hydroxylation is 1. The molecule has 1 aromatic rings. The highest BCUT2D eigenvalue weighted by Gasteiger charge is 2.15. The normalized spacial score (nSPS) is 17.2. The minimum Gasteiger partial charge on any atom is -0.379 e. The second-order valence-corrected chi connectivity index (χ2v) is 5.85. The molecule has 2 heterocycles. The molecule has 0 aliphatic carbocycles. The number of carbonyl (C=O) groups excluding carboxylic acids is 1. The molecular formula is C17H27N3O2. The highest BCUT2D eigenvalue weighted by molar-refractivity contribution is 5.76. The molecule has 5 heteroatoms. The van der Waals surface area contributed by atoms with Crippen LogP contribution in [0.5, 0.6) is 0 Å². The summed E-state index contributed by atoms with van der Waals surface area (Å²) in [6, 6.07) is 4.05. The van der Waals surface area contributed by atoms with Crippen LogP contribution in [0.25, 0.3) is 0 Å². The van der Waals surface area contributed by atoms with Crippen molar-refractivity contribution in [3.05, 3.63) is 29.6 Å². The number of morpholine rings is 1. The van der Waals surface area contributed by atoms with Gasteiger partial charge in [0.2, 0.25) is 5.91 Å². The molecule has 0 bridgehead atoms. The number of rotatable bonds is 7. The Bertz CT molecular complexity index is 455. The van der Waals surface area contributed by atoms with Crippen molar-refractivity contribution in [2.45, 2.75) is 39.2 Å². The fourth-order valence-corrected chi connectivity index (χ4v) is 2.63. The molecule has 0 radical (unpaired) electrons. The molecule has 1 saturated heterocycles. The van der Waals surface area contributed by atoms with Crippen molar-refractivity contribution in [2.75, 3.05) is 32.8 Å². The zero-order chi connectivity index (χ0) is 15.8. The fraction of sp³-hybridized carbons (Fsp3) is 0.647. The monoisotopic (exact) mass is 305 g/mol. The van der Waals surface area contributed by atoms with Crippen LogP contribution in [0.15, 0.2) is 18.3 Å². The van der Waals surface area contributed by atoms with E-state index >= 15 is 0 Å². The van der Waals surface area contributed by atoms with Gasteiger partial charge in [0.05, 0.1) is 24.9 Å². The molecule has 0 spiro atoms. The third kappa shape index (κ3) is 5.39. The zero-order valence-corrected chi connectivity index (χ0v) is 13.7. The van der Waals surface area contributed by atoms with Crippen molar-refractivity contribution in [1.82, 2.24) is 15.2 Å². The van der Waals surface area contributed by atoms with Crippen molar-refractivity contribution >= 4 is 5.91 Å². The Labute approximate surface area is 133 Å². The van der Waals surface area contributed by atoms with Crippen LogP contribution in [0.4, 0.5) is 0 Å². The first-order valence-electron chi connectivity index (χ1n) is 8.21. The molecule has 1 aliphatic rings. The number of carbonyl (C=O) groups is 1. The Kier molecular flexibility index (Phi) is 6.80. The molecule has 1 amide bonds. The lowest BCUT2D eigenvalue weighted by Crippen LogP contribution is -2.37. The Morgan fingerprint density at radius 3 is 2.82 bits per heavy atom. The van der Waals surface area contributed by atoms with E-state index in [9.17, 15) is 4.79 Å². The smallest absolute Gasteiger partial charge is 0.220 e. The van der Waals surface area contributed by atoms with Gasteiger partial charge in [-0.15, -0.1) is 0 Å². The second-order valence-electron chi connectivity index (χ2n) is 5.85. The molecule has 22 heavy (non-hydrogen) atoms. The van der Waals surface area contributed by atoms with E-state index in [4.69, 9.17) is 4.74 Å². The predicted molar refractivity (Wildman–Crippen MR) is 86.6 cm³/mol. The lowest BCUT2D eigenvalue weighted by atomic mass is 10.1. The van der Waals surface area contributed by atoms with Gasteiger partial charge in [0.15, 0.2) is 0 Å². The van der Waals surface area contributed by atoms with Crippen LogP contribution in [0.1, 0.15) is 43.5 Å². The zero-order valence-electron chi connectivity index (χ0n) is 13.7. The molecule has 1 N–H and O–H groups in total. The maximum absolute atomic E-state index is 12.1. The minimum absolute atomic E-state index is 0.0106. The van der Waals surface area contributed by atoms with Gasteiger partial charge in [-0.25, -0.2) is 0 Å². The van der Waals surface area contributed by atoms with Gasteiger partial charge in [-0.3, -0.25) is 14.7 Å². The van der Waals surface area contributed by atoms with Gasteiger partial charge >= 0.3 is 0 Å². The molecule has 1 fully saturated rings. The van der Waals surface area contributed by atoms with E-state index in [1.165, 1.54) is 0 Å². The van der Waals surface area contributed by atoms with Crippen molar-refractivity contribution in [1.29, 1.82) is 0 Å². The molecule has 122 valence electrons. The minimum atomic E-state index is 0.0106. The Balaban J connectivity index is 1.73. The summed E-state index contributed by atoms with van der Waals surface area (Å²) in [5.41, 5.74) is 2.07. The second kappa shape index (κ2) is 8.86. The number of aromatic nitrogens is 1. The van der Waals surface area contributed by atoms with Crippen LogP contribution in [0, 0.1) is 6.92 Å². The van der Waals surface area contributed by atoms with Crippen LogP contribution in [-0.2, 0) is 9.53 Å². The van der Waals surface area contributed by atoms with Crippen molar-refractivity contribution in [3.8, 4) is 0 Å². The fourth-order valence-electron chi connectivity index (χ4n) is 2.63. The first-order valence-corrected chi connectivity index (χ1v) is 8.21. The summed E-state index contributed by atoms with van der Waals surface area (Å²) >= 11 is 0. The molecule has 1 atom stereocenters. The van der Waals surface area contributed by atoms with Gasteiger partial charge < -0.3 is 10.1 Å². The SMILES string of the molecule is CC[C@H](NC(=O)CCCN1CCOCC1)c1ccc(C)cn1. The Morgan fingerprint density at radius 2 is 2.18 bits per heavy atom. The third-order valence-electron chi connectivity index (χ3n) is 4.02. The maximum Gasteiger partial charge on any atom is 0.220 e. The van der Waals surface area contributed by atoms with Gasteiger partial charge in [0, 0.05) is 25.7 Å². The van der Waals surface area contributed by atoms with Crippen molar-refractivity contribution in [2.24, 2.45) is 0 Å². The Morgan fingerprint density at radius 1 is 1.41 bits per heavy atom. The summed E-state index contributed by atoms with van der Waals surface area (Å²) in [7, 11) is 0. The van der Waals surface area contributed by atoms with Gasteiger partial charge in [-0.2, -0.15) is 0 Å². The van der Waals surface area contributed by atoms with Gasteiger partial charge in [-0.1, -0.05) is 13.0 Å². The van der Waals surface area contributed by atoms with Crippen LogP contribution in [0.3, 0.4) is 0 Å². The number of amides is 1. The van der Waals surface area contributed by atoms with E-state index < -0.39 is 0 Å². The summed E-state index contributed by atoms with van der Waals surface area (Å²) in [6.45, 7) is 8.63. The number of hydrogen-bond acceptors (Lipinski definition) is 4. The molecule has 5 nitrogen and oxygen atoms in total. The number of nitrogens with one attached hydrogen (secondary N) is 1. The molecular weight excluding hydrogens is 278 g/mol. The van der Waals surface area contributed by atoms with E-state index in [1.54, 1.807) is 0 Å². The van der Waals surface area contributed by atoms with Gasteiger partial charge in [-0.05, 0) is 37.9 Å². The lowest BCUT2D eigenvalue weighted by Gasteiger charge is -2.26. The van der Waals surface area contributed by atoms with E-state index in [1.807, 2.05) is 25.3 Å². The Hall–Kier alpha value is -1.46. The summed E-state index contributed by atoms with van der Waals surface area (Å²) in [6.07, 6.45) is 4.16. The number of hydrogen-bond donors (Lipinski definition) is 1. The molecule has 0 unspecified atom stereocenters. The summed E-state index contributed by atoms with van der Waals surface area (Å²) in [5.74, 6) is 0.113. The third-order valence-corrected chi connectivity index (χ3v) is 4.02. The van der Waals surface area contributed by atoms with Gasteiger partial charge in [0.25, 0.3) is 0 Å². The summed E-state index contributed by atoms with van der Waals surface area (Å²) < 4.78 is 5.32. The highest BCUT2D eigenvalue weighted by Crippen LogP contribution is 2.14. The standard InChI is InChI=1S/C17H27N3O2/c1-3-15(16-7-6-14(2)13-18-16)19-17(21)5-4-8-20-9-11-22-12-10-20/h6-7,13,15H,3-5,8-12H2,1-2H3,(H,19,21)/t15-/m0/s1. The van der Waals surface area contributed by atoms with E-state index in [0.29, 0.717) is 6.42 Å².